The lowest BCUT2D eigenvalue weighted by molar-refractivity contribution is 0.215. The highest BCUT2D eigenvalue weighted by molar-refractivity contribution is 5.20. The van der Waals surface area contributed by atoms with Crippen LogP contribution in [0.5, 0.6) is 5.75 Å². The highest BCUT2D eigenvalue weighted by Gasteiger charge is 2.31. The first-order valence-electron chi connectivity index (χ1n) is 9.03. The summed E-state index contributed by atoms with van der Waals surface area (Å²) in [6.07, 6.45) is 2.61. The highest BCUT2D eigenvalue weighted by Crippen LogP contribution is 2.32. The zero-order chi connectivity index (χ0) is 17.3. The Morgan fingerprint density at radius 2 is 1.62 bits per heavy atom. The number of hydrogen-bond acceptors (Lipinski definition) is 2. The van der Waals surface area contributed by atoms with E-state index in [1.165, 1.54) is 31.5 Å². The molecule has 1 aliphatic rings. The van der Waals surface area contributed by atoms with Crippen LogP contribution in [0.2, 0.25) is 0 Å². The standard InChI is InChI=1S/C15H23NO.C7H8/c1-3-15(2)9-10-16(13-15)11-12-17-14-7-5-4-6-8-14;1-7-5-3-2-4-6-7/h4-8H,3,9-13H2,1-2H3;2-6H,1H3. The predicted octanol–water partition coefficient (Wildman–Crippen LogP) is 5.18. The summed E-state index contributed by atoms with van der Waals surface area (Å²) in [4.78, 5) is 2.52. The van der Waals surface area contributed by atoms with Gasteiger partial charge < -0.3 is 4.74 Å². The first-order valence-corrected chi connectivity index (χ1v) is 9.03. The van der Waals surface area contributed by atoms with E-state index in [-0.39, 0.29) is 0 Å². The van der Waals surface area contributed by atoms with Crippen molar-refractivity contribution in [2.45, 2.75) is 33.6 Å². The number of benzene rings is 2. The molecule has 3 rings (SSSR count). The SMILES string of the molecule is CCC1(C)CCN(CCOc2ccccc2)C1.Cc1ccccc1. The Labute approximate surface area is 147 Å². The Morgan fingerprint density at radius 1 is 1.00 bits per heavy atom. The van der Waals surface area contributed by atoms with E-state index < -0.39 is 0 Å². The number of ether oxygens (including phenoxy) is 1. The topological polar surface area (TPSA) is 12.5 Å². The minimum Gasteiger partial charge on any atom is -0.492 e. The number of para-hydroxylation sites is 1. The summed E-state index contributed by atoms with van der Waals surface area (Å²) in [5.74, 6) is 0.977. The van der Waals surface area contributed by atoms with Gasteiger partial charge in [-0.1, -0.05) is 67.9 Å². The molecule has 0 N–H and O–H groups in total. The zero-order valence-corrected chi connectivity index (χ0v) is 15.4. The third-order valence-corrected chi connectivity index (χ3v) is 4.85. The van der Waals surface area contributed by atoms with Crippen molar-refractivity contribution in [2.24, 2.45) is 5.41 Å². The molecule has 1 atom stereocenters. The summed E-state index contributed by atoms with van der Waals surface area (Å²) >= 11 is 0. The number of rotatable bonds is 5. The molecule has 0 saturated carbocycles. The summed E-state index contributed by atoms with van der Waals surface area (Å²) in [6, 6.07) is 20.3. The van der Waals surface area contributed by atoms with Gasteiger partial charge in [0.1, 0.15) is 12.4 Å². The lowest BCUT2D eigenvalue weighted by Crippen LogP contribution is -2.28. The van der Waals surface area contributed by atoms with E-state index in [1.807, 2.05) is 48.5 Å². The van der Waals surface area contributed by atoms with Crippen molar-refractivity contribution >= 4 is 0 Å². The molecule has 130 valence electrons. The fraction of sp³-hybridized carbons (Fsp3) is 0.455. The van der Waals surface area contributed by atoms with E-state index in [1.54, 1.807) is 0 Å². The lowest BCUT2D eigenvalue weighted by atomic mass is 9.87. The van der Waals surface area contributed by atoms with Crippen LogP contribution < -0.4 is 4.74 Å². The van der Waals surface area contributed by atoms with Crippen molar-refractivity contribution < 1.29 is 4.74 Å². The number of hydrogen-bond donors (Lipinski definition) is 0. The van der Waals surface area contributed by atoms with Gasteiger partial charge in [-0.25, -0.2) is 0 Å². The van der Waals surface area contributed by atoms with Crippen LogP contribution in [0.25, 0.3) is 0 Å². The molecule has 0 amide bonds. The van der Waals surface area contributed by atoms with Crippen molar-refractivity contribution in [1.29, 1.82) is 0 Å². The van der Waals surface area contributed by atoms with Crippen molar-refractivity contribution in [3.8, 4) is 5.75 Å². The van der Waals surface area contributed by atoms with Crippen LogP contribution in [0.3, 0.4) is 0 Å². The van der Waals surface area contributed by atoms with Crippen LogP contribution in [-0.4, -0.2) is 31.1 Å². The van der Waals surface area contributed by atoms with Gasteiger partial charge >= 0.3 is 0 Å². The Hall–Kier alpha value is -1.80. The Bertz CT molecular complexity index is 569. The fourth-order valence-corrected chi connectivity index (χ4v) is 2.95. The van der Waals surface area contributed by atoms with Gasteiger partial charge in [0.25, 0.3) is 0 Å². The van der Waals surface area contributed by atoms with Gasteiger partial charge in [0.15, 0.2) is 0 Å². The molecular formula is C22H31NO. The van der Waals surface area contributed by atoms with Crippen molar-refractivity contribution in [3.63, 3.8) is 0 Å². The molecule has 2 nitrogen and oxygen atoms in total. The van der Waals surface area contributed by atoms with Crippen molar-refractivity contribution in [1.82, 2.24) is 4.90 Å². The van der Waals surface area contributed by atoms with Crippen LogP contribution >= 0.6 is 0 Å². The van der Waals surface area contributed by atoms with Gasteiger partial charge in [-0.2, -0.15) is 0 Å². The van der Waals surface area contributed by atoms with Crippen LogP contribution in [0.4, 0.5) is 0 Å². The van der Waals surface area contributed by atoms with Crippen LogP contribution in [-0.2, 0) is 0 Å². The minimum atomic E-state index is 0.534. The molecule has 1 saturated heterocycles. The average molecular weight is 325 g/mol. The highest BCUT2D eigenvalue weighted by atomic mass is 16.5. The normalized spacial score (nSPS) is 20.3. The van der Waals surface area contributed by atoms with Gasteiger partial charge in [0.2, 0.25) is 0 Å². The Balaban J connectivity index is 0.000000249. The second kappa shape index (κ2) is 9.48. The monoisotopic (exact) mass is 325 g/mol. The number of likely N-dealkylation sites (tertiary alicyclic amines) is 1. The minimum absolute atomic E-state index is 0.534. The predicted molar refractivity (Wildman–Crippen MR) is 103 cm³/mol. The summed E-state index contributed by atoms with van der Waals surface area (Å²) in [7, 11) is 0. The quantitative estimate of drug-likeness (QED) is 0.751. The maximum atomic E-state index is 5.73. The van der Waals surface area contributed by atoms with Gasteiger partial charge in [0.05, 0.1) is 0 Å². The molecule has 1 heterocycles. The van der Waals surface area contributed by atoms with Crippen molar-refractivity contribution in [2.75, 3.05) is 26.2 Å². The molecule has 1 aliphatic heterocycles. The van der Waals surface area contributed by atoms with E-state index in [2.05, 4.69) is 37.8 Å². The van der Waals surface area contributed by atoms with E-state index >= 15 is 0 Å². The number of nitrogens with zero attached hydrogens (tertiary/aromatic N) is 1. The van der Waals surface area contributed by atoms with E-state index in [9.17, 15) is 0 Å². The molecular weight excluding hydrogens is 294 g/mol. The fourth-order valence-electron chi connectivity index (χ4n) is 2.95. The van der Waals surface area contributed by atoms with E-state index in [0.29, 0.717) is 5.41 Å². The smallest absolute Gasteiger partial charge is 0.119 e. The first kappa shape index (κ1) is 18.5. The van der Waals surface area contributed by atoms with Gasteiger partial charge in [-0.05, 0) is 43.9 Å². The van der Waals surface area contributed by atoms with Gasteiger partial charge in [-0.3, -0.25) is 4.90 Å². The molecule has 2 aromatic rings. The average Bonchev–Trinajstić information content (AvgIpc) is 2.99. The first-order chi connectivity index (χ1) is 11.6. The number of aryl methyl sites for hydroxylation is 1. The second-order valence-corrected chi connectivity index (χ2v) is 7.01. The summed E-state index contributed by atoms with van der Waals surface area (Å²) in [5.41, 5.74) is 1.86. The van der Waals surface area contributed by atoms with Crippen LogP contribution in [0.1, 0.15) is 32.3 Å². The second-order valence-electron chi connectivity index (χ2n) is 7.01. The molecule has 0 aliphatic carbocycles. The van der Waals surface area contributed by atoms with E-state index in [0.717, 1.165) is 18.9 Å². The zero-order valence-electron chi connectivity index (χ0n) is 15.4. The molecule has 24 heavy (non-hydrogen) atoms. The van der Waals surface area contributed by atoms with Gasteiger partial charge in [-0.15, -0.1) is 0 Å². The van der Waals surface area contributed by atoms with Crippen molar-refractivity contribution in [3.05, 3.63) is 66.2 Å². The molecule has 2 aromatic carbocycles. The van der Waals surface area contributed by atoms with Crippen LogP contribution in [0.15, 0.2) is 60.7 Å². The lowest BCUT2D eigenvalue weighted by Gasteiger charge is -2.22. The Kier molecular flexibility index (Phi) is 7.33. The molecule has 0 spiro atoms. The molecule has 2 heteroatoms. The molecule has 1 unspecified atom stereocenters. The summed E-state index contributed by atoms with van der Waals surface area (Å²) in [5, 5.41) is 0. The third kappa shape index (κ3) is 6.37. The van der Waals surface area contributed by atoms with Gasteiger partial charge in [0, 0.05) is 13.1 Å². The molecule has 0 bridgehead atoms. The Morgan fingerprint density at radius 3 is 2.12 bits per heavy atom. The maximum Gasteiger partial charge on any atom is 0.119 e. The maximum absolute atomic E-state index is 5.73. The van der Waals surface area contributed by atoms with Crippen LogP contribution in [0, 0.1) is 12.3 Å². The summed E-state index contributed by atoms with van der Waals surface area (Å²) in [6.45, 7) is 11.1. The molecule has 0 radical (unpaired) electrons. The molecule has 0 aromatic heterocycles. The largest absolute Gasteiger partial charge is 0.492 e. The van der Waals surface area contributed by atoms with E-state index in [4.69, 9.17) is 4.74 Å². The third-order valence-electron chi connectivity index (χ3n) is 4.85. The molecule has 1 fully saturated rings. The summed E-state index contributed by atoms with van der Waals surface area (Å²) < 4.78 is 5.73.